The number of piperazine rings is 1. The number of benzene rings is 1. The molecular weight excluding hydrogens is 295 g/mol. The zero-order chi connectivity index (χ0) is 12.5. The van der Waals surface area contributed by atoms with E-state index in [1.165, 1.54) is 12.8 Å². The van der Waals surface area contributed by atoms with Crippen LogP contribution in [0.25, 0.3) is 0 Å². The molecule has 3 rings (SSSR count). The van der Waals surface area contributed by atoms with Crippen LogP contribution in [0.3, 0.4) is 0 Å². The molecule has 2 N–H and O–H groups in total. The maximum atomic E-state index is 10.2. The van der Waals surface area contributed by atoms with Crippen LogP contribution in [0.2, 0.25) is 0 Å². The fourth-order valence-corrected chi connectivity index (χ4v) is 3.02. The minimum absolute atomic E-state index is 0. The monoisotopic (exact) mass is 318 g/mol. The van der Waals surface area contributed by atoms with Crippen molar-refractivity contribution in [2.45, 2.75) is 25.8 Å². The Bertz CT molecular complexity index is 432. The topological polar surface area (TPSA) is 35.5 Å². The van der Waals surface area contributed by atoms with Crippen LogP contribution in [0.15, 0.2) is 18.2 Å². The summed E-state index contributed by atoms with van der Waals surface area (Å²) >= 11 is 0. The van der Waals surface area contributed by atoms with Gasteiger partial charge >= 0.3 is 0 Å². The number of hydrogen-bond acceptors (Lipinski definition) is 3. The molecule has 1 saturated heterocycles. The van der Waals surface area contributed by atoms with Crippen LogP contribution in [-0.4, -0.2) is 36.2 Å². The van der Waals surface area contributed by atoms with Crippen molar-refractivity contribution in [3.05, 3.63) is 29.3 Å². The second kappa shape index (κ2) is 7.51. The third-order valence-electron chi connectivity index (χ3n) is 4.12. The van der Waals surface area contributed by atoms with Crippen molar-refractivity contribution in [3.8, 4) is 5.75 Å². The number of aromatic hydroxyl groups is 1. The molecule has 0 amide bonds. The average molecular weight is 319 g/mol. The van der Waals surface area contributed by atoms with Crippen LogP contribution >= 0.6 is 24.8 Å². The van der Waals surface area contributed by atoms with Gasteiger partial charge in [0.15, 0.2) is 0 Å². The quantitative estimate of drug-likeness (QED) is 0.899. The largest absolute Gasteiger partial charge is 0.508 e. The molecule has 1 atom stereocenters. The Kier molecular flexibility index (Phi) is 6.59. The third kappa shape index (κ3) is 3.79. The summed E-state index contributed by atoms with van der Waals surface area (Å²) in [5, 5.41) is 13.6. The highest BCUT2D eigenvalue weighted by Crippen LogP contribution is 2.46. The number of phenols is 1. The Balaban J connectivity index is 0.000001000. The number of nitrogens with zero attached hydrogens (tertiary/aromatic N) is 1. The van der Waals surface area contributed by atoms with Gasteiger partial charge in [0.1, 0.15) is 5.75 Å². The van der Waals surface area contributed by atoms with Crippen molar-refractivity contribution < 1.29 is 5.11 Å². The van der Waals surface area contributed by atoms with Crippen molar-refractivity contribution in [2.75, 3.05) is 26.2 Å². The molecular formula is C15H24Cl2N2O. The van der Waals surface area contributed by atoms with Gasteiger partial charge in [-0.1, -0.05) is 12.1 Å². The minimum Gasteiger partial charge on any atom is -0.508 e. The Labute approximate surface area is 133 Å². The van der Waals surface area contributed by atoms with E-state index < -0.39 is 0 Å². The summed E-state index contributed by atoms with van der Waals surface area (Å²) in [5.41, 5.74) is 2.26. The first-order valence-electron chi connectivity index (χ1n) is 7.00. The predicted molar refractivity (Wildman–Crippen MR) is 87.2 cm³/mol. The third-order valence-corrected chi connectivity index (χ3v) is 4.12. The second-order valence-corrected chi connectivity index (χ2v) is 5.63. The highest BCUT2D eigenvalue weighted by atomic mass is 35.5. The van der Waals surface area contributed by atoms with Gasteiger partial charge in [-0.15, -0.1) is 24.8 Å². The molecule has 1 heterocycles. The van der Waals surface area contributed by atoms with Gasteiger partial charge in [-0.3, -0.25) is 4.90 Å². The van der Waals surface area contributed by atoms with Crippen LogP contribution < -0.4 is 5.32 Å². The maximum Gasteiger partial charge on any atom is 0.120 e. The van der Waals surface area contributed by atoms with Crippen LogP contribution in [0, 0.1) is 12.8 Å². The zero-order valence-corrected chi connectivity index (χ0v) is 13.5. The Morgan fingerprint density at radius 1 is 1.20 bits per heavy atom. The van der Waals surface area contributed by atoms with E-state index in [1.807, 2.05) is 13.0 Å². The lowest BCUT2D eigenvalue weighted by molar-refractivity contribution is 0.153. The van der Waals surface area contributed by atoms with E-state index >= 15 is 0 Å². The van der Waals surface area contributed by atoms with Gasteiger partial charge in [0.2, 0.25) is 0 Å². The molecule has 3 nitrogen and oxygen atoms in total. The van der Waals surface area contributed by atoms with Gasteiger partial charge in [-0.2, -0.15) is 0 Å². The van der Waals surface area contributed by atoms with Crippen LogP contribution in [0.4, 0.5) is 0 Å². The SMILES string of the molecule is Cc1ccc([C@@H](C2CC2)N2CCNCC2)c(O)c1.Cl.Cl. The van der Waals surface area contributed by atoms with Gasteiger partial charge < -0.3 is 10.4 Å². The zero-order valence-electron chi connectivity index (χ0n) is 11.8. The molecule has 5 heteroatoms. The van der Waals surface area contributed by atoms with E-state index in [1.54, 1.807) is 0 Å². The molecule has 1 aromatic carbocycles. The summed E-state index contributed by atoms with van der Waals surface area (Å²) in [4.78, 5) is 2.54. The van der Waals surface area contributed by atoms with Crippen molar-refractivity contribution in [3.63, 3.8) is 0 Å². The van der Waals surface area contributed by atoms with Gasteiger partial charge in [-0.05, 0) is 37.3 Å². The second-order valence-electron chi connectivity index (χ2n) is 5.63. The molecule has 20 heavy (non-hydrogen) atoms. The fraction of sp³-hybridized carbons (Fsp3) is 0.600. The minimum atomic E-state index is 0. The lowest BCUT2D eigenvalue weighted by atomic mass is 9.97. The van der Waals surface area contributed by atoms with E-state index in [0.29, 0.717) is 11.8 Å². The summed E-state index contributed by atoms with van der Waals surface area (Å²) in [6.07, 6.45) is 2.61. The van der Waals surface area contributed by atoms with E-state index in [0.717, 1.165) is 43.2 Å². The summed E-state index contributed by atoms with van der Waals surface area (Å²) in [6.45, 7) is 6.34. The van der Waals surface area contributed by atoms with Crippen molar-refractivity contribution in [2.24, 2.45) is 5.92 Å². The molecule has 0 aromatic heterocycles. The molecule has 1 aliphatic carbocycles. The average Bonchev–Trinajstić information content (AvgIpc) is 3.18. The van der Waals surface area contributed by atoms with E-state index in [4.69, 9.17) is 0 Å². The van der Waals surface area contributed by atoms with Gasteiger partial charge in [0.05, 0.1) is 0 Å². The molecule has 1 aromatic rings. The van der Waals surface area contributed by atoms with E-state index in [-0.39, 0.29) is 24.8 Å². The molecule has 2 fully saturated rings. The normalized spacial score (nSPS) is 20.6. The first-order chi connectivity index (χ1) is 8.75. The molecule has 114 valence electrons. The summed E-state index contributed by atoms with van der Waals surface area (Å²) in [6, 6.07) is 6.56. The van der Waals surface area contributed by atoms with Crippen molar-refractivity contribution in [1.29, 1.82) is 0 Å². The predicted octanol–water partition coefficient (Wildman–Crippen LogP) is 2.90. The number of nitrogens with one attached hydrogen (secondary N) is 1. The smallest absolute Gasteiger partial charge is 0.120 e. The van der Waals surface area contributed by atoms with Crippen LogP contribution in [0.5, 0.6) is 5.75 Å². The molecule has 0 bridgehead atoms. The Morgan fingerprint density at radius 3 is 2.40 bits per heavy atom. The van der Waals surface area contributed by atoms with Crippen molar-refractivity contribution >= 4 is 24.8 Å². The summed E-state index contributed by atoms with van der Waals surface area (Å²) < 4.78 is 0. The summed E-state index contributed by atoms with van der Waals surface area (Å²) in [5.74, 6) is 1.22. The molecule has 0 radical (unpaired) electrons. The van der Waals surface area contributed by atoms with Crippen molar-refractivity contribution in [1.82, 2.24) is 10.2 Å². The first-order valence-corrected chi connectivity index (χ1v) is 7.00. The lowest BCUT2D eigenvalue weighted by Gasteiger charge is -2.35. The number of rotatable bonds is 3. The van der Waals surface area contributed by atoms with Gasteiger partial charge in [-0.25, -0.2) is 0 Å². The van der Waals surface area contributed by atoms with E-state index in [9.17, 15) is 5.11 Å². The van der Waals surface area contributed by atoms with Crippen LogP contribution in [-0.2, 0) is 0 Å². The standard InChI is InChI=1S/C15H22N2O.2ClH/c1-11-2-5-13(14(18)10-11)15(12-3-4-12)17-8-6-16-7-9-17;;/h2,5,10,12,15-16,18H,3-4,6-9H2,1H3;2*1H/t15-;;/m1../s1. The molecule has 2 aliphatic rings. The maximum absolute atomic E-state index is 10.2. The van der Waals surface area contributed by atoms with Gasteiger partial charge in [0.25, 0.3) is 0 Å². The molecule has 0 unspecified atom stereocenters. The fourth-order valence-electron chi connectivity index (χ4n) is 3.02. The lowest BCUT2D eigenvalue weighted by Crippen LogP contribution is -2.45. The highest BCUT2D eigenvalue weighted by molar-refractivity contribution is 5.85. The number of halogens is 2. The van der Waals surface area contributed by atoms with E-state index in [2.05, 4.69) is 22.3 Å². The van der Waals surface area contributed by atoms with Gasteiger partial charge in [0, 0.05) is 37.8 Å². The highest BCUT2D eigenvalue weighted by Gasteiger charge is 2.37. The Hall–Kier alpha value is -0.480. The Morgan fingerprint density at radius 2 is 1.85 bits per heavy atom. The number of aryl methyl sites for hydroxylation is 1. The first kappa shape index (κ1) is 17.6. The molecule has 1 aliphatic heterocycles. The molecule has 1 saturated carbocycles. The molecule has 0 spiro atoms. The summed E-state index contributed by atoms with van der Waals surface area (Å²) in [7, 11) is 0. The number of hydrogen-bond donors (Lipinski definition) is 2. The number of phenolic OH excluding ortho intramolecular Hbond substituents is 1. The van der Waals surface area contributed by atoms with Crippen LogP contribution in [0.1, 0.15) is 30.0 Å².